The number of hydrogen-bond donors (Lipinski definition) is 0. The maximum Gasteiger partial charge on any atom is 0.264 e. The van der Waals surface area contributed by atoms with Crippen molar-refractivity contribution < 1.29 is 18.4 Å². The SMILES string of the molecule is CCN(CC)c1ccc2oc3c(c2c1)C(=O)c1c(oc2c1ccc1ccccc12)C3=O. The van der Waals surface area contributed by atoms with Crippen molar-refractivity contribution in [1.82, 2.24) is 0 Å². The quantitative estimate of drug-likeness (QED) is 0.361. The molecule has 1 aliphatic carbocycles. The van der Waals surface area contributed by atoms with E-state index in [0.717, 1.165) is 29.5 Å². The molecule has 0 N–H and O–H groups in total. The number of carbonyl (C=O) groups excluding carboxylic acids is 2. The van der Waals surface area contributed by atoms with Gasteiger partial charge in [-0.05, 0) is 43.5 Å². The van der Waals surface area contributed by atoms with Gasteiger partial charge in [0.25, 0.3) is 5.78 Å². The minimum Gasteiger partial charge on any atom is -0.452 e. The van der Waals surface area contributed by atoms with Crippen LogP contribution in [-0.4, -0.2) is 24.7 Å². The molecule has 5 aromatic rings. The topological polar surface area (TPSA) is 63.7 Å². The molecule has 2 aromatic heterocycles. The Morgan fingerprint density at radius 3 is 2.29 bits per heavy atom. The first kappa shape index (κ1) is 18.0. The van der Waals surface area contributed by atoms with Crippen molar-refractivity contribution in [1.29, 1.82) is 0 Å². The van der Waals surface area contributed by atoms with Gasteiger partial charge in [0.1, 0.15) is 11.2 Å². The summed E-state index contributed by atoms with van der Waals surface area (Å²) in [6, 6.07) is 17.3. The third kappa shape index (κ3) is 2.31. The molecular weight excluding hydrogens is 390 g/mol. The first-order chi connectivity index (χ1) is 15.1. The summed E-state index contributed by atoms with van der Waals surface area (Å²) in [6.07, 6.45) is 0. The zero-order valence-electron chi connectivity index (χ0n) is 17.2. The first-order valence-electron chi connectivity index (χ1n) is 10.5. The normalized spacial score (nSPS) is 13.2. The number of ketones is 2. The van der Waals surface area contributed by atoms with E-state index in [4.69, 9.17) is 8.83 Å². The van der Waals surface area contributed by atoms with E-state index in [9.17, 15) is 9.59 Å². The van der Waals surface area contributed by atoms with E-state index in [2.05, 4.69) is 18.7 Å². The monoisotopic (exact) mass is 409 g/mol. The number of furan rings is 2. The molecule has 0 amide bonds. The van der Waals surface area contributed by atoms with Crippen LogP contribution >= 0.6 is 0 Å². The number of benzene rings is 3. The molecule has 0 bridgehead atoms. The molecule has 6 rings (SSSR count). The highest BCUT2D eigenvalue weighted by molar-refractivity contribution is 6.34. The number of anilines is 1. The second kappa shape index (κ2) is 6.32. The van der Waals surface area contributed by atoms with E-state index in [1.54, 1.807) is 0 Å². The van der Waals surface area contributed by atoms with Crippen LogP contribution in [0.1, 0.15) is 46.1 Å². The van der Waals surface area contributed by atoms with Crippen LogP contribution in [0.4, 0.5) is 5.69 Å². The Labute approximate surface area is 177 Å². The van der Waals surface area contributed by atoms with Gasteiger partial charge >= 0.3 is 0 Å². The second-order valence-electron chi connectivity index (χ2n) is 7.79. The predicted octanol–water partition coefficient (Wildman–Crippen LogP) is 5.95. The summed E-state index contributed by atoms with van der Waals surface area (Å²) in [4.78, 5) is 29.2. The van der Waals surface area contributed by atoms with Crippen LogP contribution in [0.25, 0.3) is 32.7 Å². The summed E-state index contributed by atoms with van der Waals surface area (Å²) in [5.74, 6) is -0.487. The minimum absolute atomic E-state index is 0.0619. The Balaban J connectivity index is 1.63. The Morgan fingerprint density at radius 2 is 1.48 bits per heavy atom. The van der Waals surface area contributed by atoms with E-state index in [1.807, 2.05) is 54.6 Å². The van der Waals surface area contributed by atoms with Crippen molar-refractivity contribution in [3.05, 3.63) is 77.2 Å². The molecule has 0 aliphatic heterocycles. The molecule has 31 heavy (non-hydrogen) atoms. The van der Waals surface area contributed by atoms with Gasteiger partial charge in [-0.1, -0.05) is 30.3 Å². The highest BCUT2D eigenvalue weighted by atomic mass is 16.4. The fourth-order valence-corrected chi connectivity index (χ4v) is 4.70. The summed E-state index contributed by atoms with van der Waals surface area (Å²) in [7, 11) is 0. The zero-order chi connectivity index (χ0) is 21.3. The molecule has 5 heteroatoms. The highest BCUT2D eigenvalue weighted by Crippen LogP contribution is 2.41. The van der Waals surface area contributed by atoms with Crippen molar-refractivity contribution in [2.45, 2.75) is 13.8 Å². The molecule has 2 heterocycles. The number of fused-ring (bicyclic) bond motifs is 8. The molecule has 0 spiro atoms. The van der Waals surface area contributed by atoms with Crippen molar-refractivity contribution in [2.75, 3.05) is 18.0 Å². The fraction of sp³-hybridized carbons (Fsp3) is 0.154. The van der Waals surface area contributed by atoms with Crippen LogP contribution in [0.15, 0.2) is 63.4 Å². The maximum atomic E-state index is 13.7. The van der Waals surface area contributed by atoms with Crippen LogP contribution in [0, 0.1) is 0 Å². The van der Waals surface area contributed by atoms with Gasteiger partial charge in [0.15, 0.2) is 11.5 Å². The van der Waals surface area contributed by atoms with E-state index in [0.29, 0.717) is 33.1 Å². The Kier molecular flexibility index (Phi) is 3.66. The second-order valence-corrected chi connectivity index (χ2v) is 7.79. The molecule has 0 radical (unpaired) electrons. The zero-order valence-corrected chi connectivity index (χ0v) is 17.2. The largest absolute Gasteiger partial charge is 0.452 e. The standard InChI is InChI=1S/C26H19NO4/c1-3-27(4-2)15-10-12-19-18(13-15)21-22(28)20-17-11-9-14-7-5-6-8-16(14)24(17)31-26(20)23(29)25(21)30-19/h5-13H,3-4H2,1-2H3. The molecule has 0 fully saturated rings. The molecule has 5 nitrogen and oxygen atoms in total. The summed E-state index contributed by atoms with van der Waals surface area (Å²) >= 11 is 0. The maximum absolute atomic E-state index is 13.7. The van der Waals surface area contributed by atoms with Crippen LogP contribution in [-0.2, 0) is 0 Å². The Hall–Kier alpha value is -3.86. The third-order valence-corrected chi connectivity index (χ3v) is 6.25. The van der Waals surface area contributed by atoms with Gasteiger partial charge in [0, 0.05) is 34.9 Å². The average Bonchev–Trinajstić information content (AvgIpc) is 3.38. The molecule has 152 valence electrons. The van der Waals surface area contributed by atoms with Gasteiger partial charge in [-0.2, -0.15) is 0 Å². The lowest BCUT2D eigenvalue weighted by molar-refractivity contribution is 0.0943. The molecular formula is C26H19NO4. The lowest BCUT2D eigenvalue weighted by Gasteiger charge is -2.20. The van der Waals surface area contributed by atoms with Crippen molar-refractivity contribution in [2.24, 2.45) is 0 Å². The molecule has 0 unspecified atom stereocenters. The average molecular weight is 409 g/mol. The van der Waals surface area contributed by atoms with Gasteiger partial charge in [0.2, 0.25) is 5.78 Å². The van der Waals surface area contributed by atoms with Crippen molar-refractivity contribution in [3.8, 4) is 0 Å². The first-order valence-corrected chi connectivity index (χ1v) is 10.5. The predicted molar refractivity (Wildman–Crippen MR) is 120 cm³/mol. The van der Waals surface area contributed by atoms with E-state index >= 15 is 0 Å². The van der Waals surface area contributed by atoms with Gasteiger partial charge in [0.05, 0.1) is 11.1 Å². The summed E-state index contributed by atoms with van der Waals surface area (Å²) < 4.78 is 11.9. The highest BCUT2D eigenvalue weighted by Gasteiger charge is 2.40. The number of nitrogens with zero attached hydrogens (tertiary/aromatic N) is 1. The van der Waals surface area contributed by atoms with Crippen LogP contribution < -0.4 is 4.90 Å². The lowest BCUT2D eigenvalue weighted by atomic mass is 9.89. The van der Waals surface area contributed by atoms with E-state index in [-0.39, 0.29) is 23.1 Å². The van der Waals surface area contributed by atoms with Crippen molar-refractivity contribution in [3.63, 3.8) is 0 Å². The Bertz CT molecular complexity index is 1550. The van der Waals surface area contributed by atoms with Gasteiger partial charge < -0.3 is 13.7 Å². The van der Waals surface area contributed by atoms with Crippen LogP contribution in [0.5, 0.6) is 0 Å². The van der Waals surface area contributed by atoms with E-state index in [1.165, 1.54) is 0 Å². The molecule has 1 aliphatic rings. The number of carbonyl (C=O) groups is 2. The van der Waals surface area contributed by atoms with Crippen molar-refractivity contribution >= 4 is 50.0 Å². The third-order valence-electron chi connectivity index (χ3n) is 6.25. The van der Waals surface area contributed by atoms with Crippen LogP contribution in [0.2, 0.25) is 0 Å². The summed E-state index contributed by atoms with van der Waals surface area (Å²) in [5.41, 5.74) is 2.74. The molecule has 0 saturated carbocycles. The summed E-state index contributed by atoms with van der Waals surface area (Å²) in [6.45, 7) is 5.86. The van der Waals surface area contributed by atoms with Gasteiger partial charge in [-0.3, -0.25) is 9.59 Å². The molecule has 0 saturated heterocycles. The number of rotatable bonds is 3. The summed E-state index contributed by atoms with van der Waals surface area (Å²) in [5, 5.41) is 3.19. The molecule has 0 atom stereocenters. The lowest BCUT2D eigenvalue weighted by Crippen LogP contribution is -2.21. The smallest absolute Gasteiger partial charge is 0.264 e. The van der Waals surface area contributed by atoms with Crippen LogP contribution in [0.3, 0.4) is 0 Å². The Morgan fingerprint density at radius 1 is 0.742 bits per heavy atom. The van der Waals surface area contributed by atoms with Gasteiger partial charge in [-0.15, -0.1) is 0 Å². The van der Waals surface area contributed by atoms with E-state index < -0.39 is 0 Å². The minimum atomic E-state index is -0.384. The molecule has 3 aromatic carbocycles. The number of hydrogen-bond acceptors (Lipinski definition) is 5. The fourth-order valence-electron chi connectivity index (χ4n) is 4.70. The van der Waals surface area contributed by atoms with Gasteiger partial charge in [-0.25, -0.2) is 0 Å².